The van der Waals surface area contributed by atoms with Crippen molar-refractivity contribution in [1.29, 1.82) is 0 Å². The van der Waals surface area contributed by atoms with E-state index in [4.69, 9.17) is 4.84 Å². The SMILES string of the molecule is O=C1C=CC=CC=NN=NNOc2ccccc2C=CC=CC1. The molecule has 2 rings (SSSR count). The van der Waals surface area contributed by atoms with Crippen molar-refractivity contribution >= 4 is 18.1 Å². The maximum Gasteiger partial charge on any atom is 0.164 e. The van der Waals surface area contributed by atoms with Gasteiger partial charge in [-0.25, -0.2) is 0 Å². The second kappa shape index (κ2) is 9.62. The van der Waals surface area contributed by atoms with E-state index in [0.717, 1.165) is 5.56 Å². The van der Waals surface area contributed by atoms with Crippen LogP contribution in [0.25, 0.3) is 6.08 Å². The van der Waals surface area contributed by atoms with Gasteiger partial charge in [0.05, 0.1) is 6.21 Å². The molecule has 0 amide bonds. The van der Waals surface area contributed by atoms with Crippen LogP contribution in [0.4, 0.5) is 0 Å². The fourth-order valence-electron chi connectivity index (χ4n) is 1.66. The summed E-state index contributed by atoms with van der Waals surface area (Å²) in [5, 5.41) is 10.7. The quantitative estimate of drug-likeness (QED) is 0.796. The molecule has 1 aromatic carbocycles. The molecule has 1 aliphatic heterocycles. The number of nitrogens with one attached hydrogen (secondary N) is 1. The zero-order valence-corrected chi connectivity index (χ0v) is 12.4. The van der Waals surface area contributed by atoms with Crippen LogP contribution < -0.4 is 10.4 Å². The number of fused-ring (bicyclic) bond motifs is 1. The van der Waals surface area contributed by atoms with Gasteiger partial charge in [0.15, 0.2) is 11.5 Å². The first-order valence-corrected chi connectivity index (χ1v) is 6.99. The molecule has 1 aliphatic rings. The molecule has 6 nitrogen and oxygen atoms in total. The van der Waals surface area contributed by atoms with Crippen LogP contribution in [0.15, 0.2) is 82.3 Å². The summed E-state index contributed by atoms with van der Waals surface area (Å²) in [6.45, 7) is 0. The molecule has 0 bridgehead atoms. The third kappa shape index (κ3) is 6.34. The Hall–Kier alpha value is -3.28. The van der Waals surface area contributed by atoms with Crippen molar-refractivity contribution in [3.63, 3.8) is 0 Å². The highest BCUT2D eigenvalue weighted by Gasteiger charge is 1.98. The van der Waals surface area contributed by atoms with Crippen LogP contribution >= 0.6 is 0 Å². The van der Waals surface area contributed by atoms with E-state index in [9.17, 15) is 4.79 Å². The van der Waals surface area contributed by atoms with Gasteiger partial charge in [0, 0.05) is 12.0 Å². The Labute approximate surface area is 134 Å². The number of nitrogens with zero attached hydrogens (tertiary/aromatic N) is 3. The second-order valence-electron chi connectivity index (χ2n) is 4.39. The van der Waals surface area contributed by atoms with Crippen molar-refractivity contribution in [3.8, 4) is 5.75 Å². The van der Waals surface area contributed by atoms with Gasteiger partial charge in [-0.15, -0.1) is 10.7 Å². The molecule has 0 atom stereocenters. The molecule has 0 radical (unpaired) electrons. The van der Waals surface area contributed by atoms with E-state index in [1.807, 2.05) is 36.4 Å². The first-order valence-electron chi connectivity index (χ1n) is 6.99. The van der Waals surface area contributed by atoms with Gasteiger partial charge >= 0.3 is 0 Å². The van der Waals surface area contributed by atoms with Gasteiger partial charge < -0.3 is 4.84 Å². The normalized spacial score (nSPS) is 15.4. The molecule has 0 saturated carbocycles. The monoisotopic (exact) mass is 308 g/mol. The third-order valence-corrected chi connectivity index (χ3v) is 2.71. The van der Waals surface area contributed by atoms with Crippen molar-refractivity contribution < 1.29 is 9.63 Å². The molecule has 116 valence electrons. The minimum absolute atomic E-state index is 0.0185. The number of carbonyl (C=O) groups is 1. The average Bonchev–Trinajstić information content (AvgIpc) is 2.56. The smallest absolute Gasteiger partial charge is 0.164 e. The van der Waals surface area contributed by atoms with Gasteiger partial charge in [-0.1, -0.05) is 54.7 Å². The largest absolute Gasteiger partial charge is 0.363 e. The molecule has 1 aromatic rings. The average molecular weight is 308 g/mol. The summed E-state index contributed by atoms with van der Waals surface area (Å²) in [5.74, 6) is 0.616. The lowest BCUT2D eigenvalue weighted by atomic mass is 10.2. The maximum atomic E-state index is 11.6. The Morgan fingerprint density at radius 2 is 1.87 bits per heavy atom. The Bertz CT molecular complexity index is 700. The van der Waals surface area contributed by atoms with Gasteiger partial charge in [0.2, 0.25) is 0 Å². The predicted octanol–water partition coefficient (Wildman–Crippen LogP) is 3.58. The molecular weight excluding hydrogens is 292 g/mol. The first kappa shape index (κ1) is 16.1. The lowest BCUT2D eigenvalue weighted by molar-refractivity contribution is -0.113. The Balaban J connectivity index is 2.15. The molecule has 6 heteroatoms. The van der Waals surface area contributed by atoms with Gasteiger partial charge in [-0.3, -0.25) is 4.79 Å². The van der Waals surface area contributed by atoms with E-state index >= 15 is 0 Å². The first-order chi connectivity index (χ1) is 11.4. The highest BCUT2D eigenvalue weighted by Crippen LogP contribution is 2.18. The Kier molecular flexibility index (Phi) is 6.73. The number of carbonyl (C=O) groups excluding carboxylic acids is 1. The van der Waals surface area contributed by atoms with Crippen LogP contribution in [0.3, 0.4) is 0 Å². The predicted molar refractivity (Wildman–Crippen MR) is 89.6 cm³/mol. The molecule has 23 heavy (non-hydrogen) atoms. The van der Waals surface area contributed by atoms with E-state index in [2.05, 4.69) is 21.1 Å². The summed E-state index contributed by atoms with van der Waals surface area (Å²) in [6, 6.07) is 7.44. The molecule has 1 N–H and O–H groups in total. The van der Waals surface area contributed by atoms with Gasteiger partial charge in [-0.05, 0) is 28.7 Å². The molecule has 0 saturated heterocycles. The minimum Gasteiger partial charge on any atom is -0.363 e. The summed E-state index contributed by atoms with van der Waals surface area (Å²) in [6.07, 6.45) is 15.6. The van der Waals surface area contributed by atoms with Crippen molar-refractivity contribution in [1.82, 2.24) is 5.59 Å². The number of allylic oxidation sites excluding steroid dienone is 7. The van der Waals surface area contributed by atoms with Crippen LogP contribution in [0, 0.1) is 0 Å². The highest BCUT2D eigenvalue weighted by atomic mass is 16.7. The summed E-state index contributed by atoms with van der Waals surface area (Å²) in [7, 11) is 0. The fourth-order valence-corrected chi connectivity index (χ4v) is 1.66. The molecular formula is C17H16N4O2. The molecule has 0 aromatic heterocycles. The molecule has 1 heterocycles. The summed E-state index contributed by atoms with van der Waals surface area (Å²) >= 11 is 0. The molecule has 0 fully saturated rings. The van der Waals surface area contributed by atoms with Crippen LogP contribution in [0.2, 0.25) is 0 Å². The van der Waals surface area contributed by atoms with Gasteiger partial charge in [0.25, 0.3) is 0 Å². The van der Waals surface area contributed by atoms with Crippen molar-refractivity contribution in [2.45, 2.75) is 6.42 Å². The van der Waals surface area contributed by atoms with Gasteiger partial charge in [-0.2, -0.15) is 0 Å². The minimum atomic E-state index is 0.0185. The Morgan fingerprint density at radius 1 is 1.00 bits per heavy atom. The summed E-state index contributed by atoms with van der Waals surface area (Å²) < 4.78 is 0. The highest BCUT2D eigenvalue weighted by molar-refractivity contribution is 5.91. The van der Waals surface area contributed by atoms with Crippen molar-refractivity contribution in [3.05, 3.63) is 72.4 Å². The third-order valence-electron chi connectivity index (χ3n) is 2.71. The van der Waals surface area contributed by atoms with E-state index in [1.54, 1.807) is 30.4 Å². The number of rotatable bonds is 0. The molecule has 0 spiro atoms. The summed E-state index contributed by atoms with van der Waals surface area (Å²) in [5.41, 5.74) is 3.22. The topological polar surface area (TPSA) is 75.4 Å². The standard InChI is InChI=1S/C17H16N4O2/c22-16-11-4-1-3-9-15-10-6-7-13-17(15)23-21-20-19-18-14-8-2-5-12-16/h1-10,12-14H,11H2,(H,19,21). The van der Waals surface area contributed by atoms with Crippen molar-refractivity contribution in [2.24, 2.45) is 15.5 Å². The van der Waals surface area contributed by atoms with Crippen LogP contribution in [-0.2, 0) is 4.79 Å². The maximum absolute atomic E-state index is 11.6. The number of hydrogen-bond acceptors (Lipinski definition) is 6. The van der Waals surface area contributed by atoms with Crippen molar-refractivity contribution in [2.75, 3.05) is 0 Å². The number of para-hydroxylation sites is 1. The number of hydrogen-bond donors (Lipinski definition) is 1. The van der Waals surface area contributed by atoms with Crippen LogP contribution in [-0.4, -0.2) is 12.0 Å². The second-order valence-corrected chi connectivity index (χ2v) is 4.39. The van der Waals surface area contributed by atoms with E-state index in [-0.39, 0.29) is 5.78 Å². The number of ketones is 1. The van der Waals surface area contributed by atoms with E-state index in [0.29, 0.717) is 12.2 Å². The van der Waals surface area contributed by atoms with Crippen LogP contribution in [0.5, 0.6) is 5.75 Å². The fraction of sp³-hybridized carbons (Fsp3) is 0.0588. The van der Waals surface area contributed by atoms with E-state index in [1.165, 1.54) is 12.3 Å². The lowest BCUT2D eigenvalue weighted by Gasteiger charge is -2.05. The lowest BCUT2D eigenvalue weighted by Crippen LogP contribution is -2.10. The van der Waals surface area contributed by atoms with E-state index < -0.39 is 0 Å². The zero-order valence-electron chi connectivity index (χ0n) is 12.4. The summed E-state index contributed by atoms with van der Waals surface area (Å²) in [4.78, 5) is 16.9. The molecule has 0 unspecified atom stereocenters. The Morgan fingerprint density at radius 3 is 2.83 bits per heavy atom. The van der Waals surface area contributed by atoms with Gasteiger partial charge in [0.1, 0.15) is 0 Å². The zero-order chi connectivity index (χ0) is 16.2. The number of benzene rings is 1. The van der Waals surface area contributed by atoms with Crippen LogP contribution in [0.1, 0.15) is 12.0 Å². The molecule has 0 aliphatic carbocycles.